The summed E-state index contributed by atoms with van der Waals surface area (Å²) in [5.74, 6) is -0.00796. The van der Waals surface area contributed by atoms with Crippen LogP contribution < -0.4 is 10.6 Å². The van der Waals surface area contributed by atoms with E-state index in [0.717, 1.165) is 16.9 Å². The molecule has 1 atom stereocenters. The second-order valence-electron chi connectivity index (χ2n) is 4.50. The van der Waals surface area contributed by atoms with Crippen molar-refractivity contribution in [2.75, 3.05) is 12.4 Å². The Balaban J connectivity index is 2.15. The minimum atomic E-state index is -0.00796. The molecule has 1 heterocycles. The van der Waals surface area contributed by atoms with Crippen molar-refractivity contribution in [3.63, 3.8) is 0 Å². The number of likely N-dealkylation sites (N-methyl/N-ethyl adjacent to an activating group) is 1. The molecule has 0 bridgehead atoms. The van der Waals surface area contributed by atoms with Gasteiger partial charge in [-0.05, 0) is 18.6 Å². The quantitative estimate of drug-likeness (QED) is 0.871. The number of nitrogens with zero attached hydrogens (tertiary/aromatic N) is 2. The molecule has 5 nitrogen and oxygen atoms in total. The second kappa shape index (κ2) is 6.65. The predicted octanol–water partition coefficient (Wildman–Crippen LogP) is 1.94. The molecule has 2 aromatic rings. The van der Waals surface area contributed by atoms with Gasteiger partial charge in [-0.15, -0.1) is 0 Å². The standard InChI is InChI=1S/C15H18N4O/c1-11(14-10-17-7-8-18-14)19-13-6-4-3-5-12(13)9-15(20)16-2/h3-8,10-11,19H,9H2,1-2H3,(H,16,20). The van der Waals surface area contributed by atoms with Crippen molar-refractivity contribution in [1.82, 2.24) is 15.3 Å². The zero-order valence-corrected chi connectivity index (χ0v) is 11.6. The fourth-order valence-electron chi connectivity index (χ4n) is 1.92. The number of nitrogens with one attached hydrogen (secondary N) is 2. The summed E-state index contributed by atoms with van der Waals surface area (Å²) in [6.07, 6.45) is 5.41. The minimum absolute atomic E-state index is 0.00796. The van der Waals surface area contributed by atoms with Gasteiger partial charge < -0.3 is 10.6 Å². The van der Waals surface area contributed by atoms with Gasteiger partial charge in [0.2, 0.25) is 5.91 Å². The van der Waals surface area contributed by atoms with Crippen LogP contribution in [-0.2, 0) is 11.2 Å². The first kappa shape index (κ1) is 14.0. The molecule has 0 saturated carbocycles. The van der Waals surface area contributed by atoms with Gasteiger partial charge in [-0.2, -0.15) is 0 Å². The highest BCUT2D eigenvalue weighted by Gasteiger charge is 2.11. The molecule has 2 rings (SSSR count). The maximum Gasteiger partial charge on any atom is 0.224 e. The van der Waals surface area contributed by atoms with Crippen LogP contribution in [0.4, 0.5) is 5.69 Å². The van der Waals surface area contributed by atoms with Crippen LogP contribution in [0, 0.1) is 0 Å². The van der Waals surface area contributed by atoms with Crippen LogP contribution >= 0.6 is 0 Å². The lowest BCUT2D eigenvalue weighted by molar-refractivity contribution is -0.119. The minimum Gasteiger partial charge on any atom is -0.377 e. The molecule has 104 valence electrons. The van der Waals surface area contributed by atoms with Crippen molar-refractivity contribution in [3.05, 3.63) is 54.1 Å². The zero-order chi connectivity index (χ0) is 14.4. The van der Waals surface area contributed by atoms with Crippen LogP contribution in [0.2, 0.25) is 0 Å². The molecule has 20 heavy (non-hydrogen) atoms. The highest BCUT2D eigenvalue weighted by Crippen LogP contribution is 2.21. The van der Waals surface area contributed by atoms with Crippen LogP contribution in [-0.4, -0.2) is 22.9 Å². The highest BCUT2D eigenvalue weighted by molar-refractivity contribution is 5.80. The van der Waals surface area contributed by atoms with E-state index in [1.165, 1.54) is 0 Å². The Morgan fingerprint density at radius 2 is 2.10 bits per heavy atom. The molecule has 1 unspecified atom stereocenters. The molecule has 0 saturated heterocycles. The zero-order valence-electron chi connectivity index (χ0n) is 11.6. The Morgan fingerprint density at radius 3 is 2.80 bits per heavy atom. The molecule has 1 aromatic carbocycles. The van der Waals surface area contributed by atoms with Gasteiger partial charge in [0.1, 0.15) is 0 Å². The van der Waals surface area contributed by atoms with Gasteiger partial charge in [0.05, 0.1) is 24.4 Å². The summed E-state index contributed by atoms with van der Waals surface area (Å²) in [5.41, 5.74) is 2.76. The van der Waals surface area contributed by atoms with Crippen LogP contribution in [0.5, 0.6) is 0 Å². The molecular formula is C15H18N4O. The van der Waals surface area contributed by atoms with E-state index < -0.39 is 0 Å². The number of para-hydroxylation sites is 1. The summed E-state index contributed by atoms with van der Waals surface area (Å²) in [5, 5.41) is 6.01. The lowest BCUT2D eigenvalue weighted by Crippen LogP contribution is -2.21. The van der Waals surface area contributed by atoms with Crippen molar-refractivity contribution in [2.45, 2.75) is 19.4 Å². The number of carbonyl (C=O) groups is 1. The molecule has 5 heteroatoms. The number of anilines is 1. The van der Waals surface area contributed by atoms with E-state index >= 15 is 0 Å². The van der Waals surface area contributed by atoms with Crippen molar-refractivity contribution < 1.29 is 4.79 Å². The third-order valence-electron chi connectivity index (χ3n) is 3.05. The van der Waals surface area contributed by atoms with Crippen LogP contribution in [0.15, 0.2) is 42.9 Å². The number of rotatable bonds is 5. The average Bonchev–Trinajstić information content (AvgIpc) is 2.50. The summed E-state index contributed by atoms with van der Waals surface area (Å²) in [6, 6.07) is 7.80. The number of hydrogen-bond donors (Lipinski definition) is 2. The van der Waals surface area contributed by atoms with E-state index in [0.29, 0.717) is 6.42 Å². The van der Waals surface area contributed by atoms with Gasteiger partial charge in [0, 0.05) is 25.1 Å². The van der Waals surface area contributed by atoms with Crippen molar-refractivity contribution in [2.24, 2.45) is 0 Å². The second-order valence-corrected chi connectivity index (χ2v) is 4.50. The molecule has 0 radical (unpaired) electrons. The Kier molecular flexibility index (Phi) is 4.65. The maximum absolute atomic E-state index is 11.5. The highest BCUT2D eigenvalue weighted by atomic mass is 16.1. The van der Waals surface area contributed by atoms with Crippen LogP contribution in [0.1, 0.15) is 24.2 Å². The first-order valence-electron chi connectivity index (χ1n) is 6.51. The van der Waals surface area contributed by atoms with Crippen molar-refractivity contribution in [3.8, 4) is 0 Å². The van der Waals surface area contributed by atoms with Crippen LogP contribution in [0.25, 0.3) is 0 Å². The van der Waals surface area contributed by atoms with E-state index in [-0.39, 0.29) is 11.9 Å². The first-order chi connectivity index (χ1) is 9.70. The number of benzene rings is 1. The molecule has 0 spiro atoms. The summed E-state index contributed by atoms with van der Waals surface area (Å²) < 4.78 is 0. The molecule has 1 aromatic heterocycles. The number of amides is 1. The van der Waals surface area contributed by atoms with Gasteiger partial charge in [-0.25, -0.2) is 0 Å². The summed E-state index contributed by atoms with van der Waals surface area (Å²) in [7, 11) is 1.64. The molecular weight excluding hydrogens is 252 g/mol. The molecule has 0 fully saturated rings. The summed E-state index contributed by atoms with van der Waals surface area (Å²) in [4.78, 5) is 19.9. The Morgan fingerprint density at radius 1 is 1.30 bits per heavy atom. The maximum atomic E-state index is 11.5. The molecule has 0 aliphatic heterocycles. The summed E-state index contributed by atoms with van der Waals surface area (Å²) in [6.45, 7) is 2.01. The molecule has 1 amide bonds. The Bertz CT molecular complexity index is 571. The van der Waals surface area contributed by atoms with Crippen molar-refractivity contribution >= 4 is 11.6 Å². The van der Waals surface area contributed by atoms with E-state index in [4.69, 9.17) is 0 Å². The molecule has 0 aliphatic carbocycles. The normalized spacial score (nSPS) is 11.7. The fraction of sp³-hybridized carbons (Fsp3) is 0.267. The van der Waals surface area contributed by atoms with E-state index in [9.17, 15) is 4.79 Å². The largest absolute Gasteiger partial charge is 0.377 e. The monoisotopic (exact) mass is 270 g/mol. The lowest BCUT2D eigenvalue weighted by Gasteiger charge is -2.17. The fourth-order valence-corrected chi connectivity index (χ4v) is 1.92. The SMILES string of the molecule is CNC(=O)Cc1ccccc1NC(C)c1cnccn1. The predicted molar refractivity (Wildman–Crippen MR) is 78.3 cm³/mol. The summed E-state index contributed by atoms with van der Waals surface area (Å²) >= 11 is 0. The van der Waals surface area contributed by atoms with Crippen molar-refractivity contribution in [1.29, 1.82) is 0 Å². The third-order valence-corrected chi connectivity index (χ3v) is 3.05. The van der Waals surface area contributed by atoms with Gasteiger partial charge in [0.15, 0.2) is 0 Å². The lowest BCUT2D eigenvalue weighted by atomic mass is 10.1. The smallest absolute Gasteiger partial charge is 0.224 e. The molecule has 0 aliphatic rings. The third kappa shape index (κ3) is 3.54. The number of aromatic nitrogens is 2. The Labute approximate surface area is 118 Å². The van der Waals surface area contributed by atoms with Gasteiger partial charge >= 0.3 is 0 Å². The van der Waals surface area contributed by atoms with Crippen LogP contribution in [0.3, 0.4) is 0 Å². The number of hydrogen-bond acceptors (Lipinski definition) is 4. The average molecular weight is 270 g/mol. The van der Waals surface area contributed by atoms with Gasteiger partial charge in [0.25, 0.3) is 0 Å². The number of carbonyl (C=O) groups excluding carboxylic acids is 1. The van der Waals surface area contributed by atoms with E-state index in [1.54, 1.807) is 25.6 Å². The molecule has 2 N–H and O–H groups in total. The van der Waals surface area contributed by atoms with E-state index in [2.05, 4.69) is 20.6 Å². The Hall–Kier alpha value is -2.43. The van der Waals surface area contributed by atoms with Gasteiger partial charge in [-0.1, -0.05) is 18.2 Å². The van der Waals surface area contributed by atoms with Gasteiger partial charge in [-0.3, -0.25) is 14.8 Å². The van der Waals surface area contributed by atoms with E-state index in [1.807, 2.05) is 31.2 Å². The topological polar surface area (TPSA) is 66.9 Å². The first-order valence-corrected chi connectivity index (χ1v) is 6.51.